The van der Waals surface area contributed by atoms with Gasteiger partial charge in [-0.15, -0.1) is 0 Å². The van der Waals surface area contributed by atoms with Crippen LogP contribution in [0.15, 0.2) is 61.3 Å². The lowest BCUT2D eigenvalue weighted by atomic mass is 10.0. The SMILES string of the molecule is [2H]C1([2H])N(c2cc(C(=O)Cc3cc4cc(-c5cncn5C)ccc4cn3)ccn2)C([2H])([2H])C([2H])(C)C1([2H])[2H]. The van der Waals surface area contributed by atoms with Crippen molar-refractivity contribution in [2.24, 2.45) is 12.9 Å². The van der Waals surface area contributed by atoms with Crippen molar-refractivity contribution in [3.05, 3.63) is 72.6 Å². The first kappa shape index (κ1) is 13.0. The molecular weight excluding hydrogens is 386 g/mol. The number of benzene rings is 1. The molecule has 0 spiro atoms. The van der Waals surface area contributed by atoms with Gasteiger partial charge in [0.15, 0.2) is 5.78 Å². The number of ketones is 1. The quantitative estimate of drug-likeness (QED) is 0.452. The van der Waals surface area contributed by atoms with Crippen LogP contribution in [0.1, 0.15) is 38.9 Å². The average molecular weight is 419 g/mol. The molecule has 0 radical (unpaired) electrons. The van der Waals surface area contributed by atoms with Gasteiger partial charge >= 0.3 is 0 Å². The fraction of sp³-hybridized carbons (Fsp3) is 0.280. The van der Waals surface area contributed by atoms with Gasteiger partial charge in [0.2, 0.25) is 0 Å². The van der Waals surface area contributed by atoms with Gasteiger partial charge < -0.3 is 9.47 Å². The third-order valence-corrected chi connectivity index (χ3v) is 5.16. The summed E-state index contributed by atoms with van der Waals surface area (Å²) < 4.78 is 60.0. The Balaban J connectivity index is 1.45. The molecule has 1 fully saturated rings. The van der Waals surface area contributed by atoms with Crippen molar-refractivity contribution in [1.82, 2.24) is 19.5 Å². The summed E-state index contributed by atoms with van der Waals surface area (Å²) in [4.78, 5) is 26.3. The van der Waals surface area contributed by atoms with Crippen molar-refractivity contribution in [1.29, 1.82) is 0 Å². The number of fused-ring (bicyclic) bond motifs is 1. The van der Waals surface area contributed by atoms with Crippen molar-refractivity contribution >= 4 is 22.4 Å². The maximum atomic E-state index is 13.2. The van der Waals surface area contributed by atoms with E-state index in [1.165, 1.54) is 18.3 Å². The van der Waals surface area contributed by atoms with E-state index in [4.69, 9.17) is 9.60 Å². The number of aryl methyl sites for hydroxylation is 1. The molecule has 0 bridgehead atoms. The van der Waals surface area contributed by atoms with E-state index in [0.29, 0.717) is 10.6 Å². The molecule has 0 amide bonds. The molecule has 0 aliphatic carbocycles. The standard InChI is InChI=1S/C25H25N5O/c1-17-6-8-30(15-17)25-11-19(5-7-27-25)24(31)12-22-10-21-9-18(3-4-20(21)13-28-22)23-14-26-16-29(23)2/h3-5,7,9-11,13-14,16-17H,6,8,12,15H2,1-2H3/i6D2,8D2,15D2,17D. The van der Waals surface area contributed by atoms with Crippen LogP contribution in [0.3, 0.4) is 0 Å². The number of Topliss-reactive ketones (excluding diaryl/α,β-unsaturated/α-hetero) is 1. The van der Waals surface area contributed by atoms with Crippen LogP contribution < -0.4 is 4.90 Å². The third-order valence-electron chi connectivity index (χ3n) is 5.16. The van der Waals surface area contributed by atoms with Gasteiger partial charge in [-0.2, -0.15) is 0 Å². The van der Waals surface area contributed by atoms with Crippen LogP contribution in [0.5, 0.6) is 0 Å². The molecule has 0 saturated carbocycles. The Morgan fingerprint density at radius 1 is 1.19 bits per heavy atom. The Bertz CT molecular complexity index is 1540. The van der Waals surface area contributed by atoms with Crippen LogP contribution in [0, 0.1) is 5.89 Å². The largest absolute Gasteiger partial charge is 0.356 e. The summed E-state index contributed by atoms with van der Waals surface area (Å²) in [7, 11) is 1.91. The molecule has 6 heteroatoms. The molecule has 1 aliphatic heterocycles. The number of anilines is 1. The van der Waals surface area contributed by atoms with Crippen LogP contribution >= 0.6 is 0 Å². The molecular formula is C25H25N5O. The van der Waals surface area contributed by atoms with Crippen LogP contribution in [0.2, 0.25) is 0 Å². The molecule has 5 rings (SSSR count). The van der Waals surface area contributed by atoms with Crippen molar-refractivity contribution < 1.29 is 14.4 Å². The lowest BCUT2D eigenvalue weighted by molar-refractivity contribution is 0.0992. The Kier molecular flexibility index (Phi) is 3.33. The molecule has 31 heavy (non-hydrogen) atoms. The molecule has 1 aromatic carbocycles. The predicted molar refractivity (Wildman–Crippen MR) is 122 cm³/mol. The first-order valence-electron chi connectivity index (χ1n) is 13.3. The van der Waals surface area contributed by atoms with Crippen molar-refractivity contribution in [3.63, 3.8) is 0 Å². The van der Waals surface area contributed by atoms with Crippen LogP contribution in [0.25, 0.3) is 22.0 Å². The molecule has 1 aliphatic rings. The van der Waals surface area contributed by atoms with E-state index in [9.17, 15) is 4.79 Å². The summed E-state index contributed by atoms with van der Waals surface area (Å²) in [6, 6.07) is 10.4. The molecule has 3 aromatic heterocycles. The second-order valence-corrected chi connectivity index (χ2v) is 7.44. The smallest absolute Gasteiger partial charge is 0.169 e. The van der Waals surface area contributed by atoms with Gasteiger partial charge in [0, 0.05) is 64.2 Å². The molecule has 0 N–H and O–H groups in total. The number of aromatic nitrogens is 4. The highest BCUT2D eigenvalue weighted by Crippen LogP contribution is 2.25. The minimum absolute atomic E-state index is 0.0634. The first-order chi connectivity index (χ1) is 17.7. The van der Waals surface area contributed by atoms with Crippen LogP contribution in [0.4, 0.5) is 5.82 Å². The zero-order valence-electron chi connectivity index (χ0n) is 24.1. The van der Waals surface area contributed by atoms with Gasteiger partial charge in [-0.3, -0.25) is 9.78 Å². The summed E-state index contributed by atoms with van der Waals surface area (Å²) in [6.45, 7) is -4.63. The molecule has 6 nitrogen and oxygen atoms in total. The van der Waals surface area contributed by atoms with Gasteiger partial charge in [-0.25, -0.2) is 9.97 Å². The highest BCUT2D eigenvalue weighted by Gasteiger charge is 2.20. The van der Waals surface area contributed by atoms with Gasteiger partial charge in [0.1, 0.15) is 5.82 Å². The fourth-order valence-electron chi connectivity index (χ4n) is 3.54. The van der Waals surface area contributed by atoms with E-state index in [0.717, 1.165) is 29.0 Å². The van der Waals surface area contributed by atoms with E-state index < -0.39 is 25.3 Å². The normalized spacial score (nSPS) is 26.8. The number of hydrogen-bond donors (Lipinski definition) is 0. The lowest BCUT2D eigenvalue weighted by Crippen LogP contribution is -2.20. The van der Waals surface area contributed by atoms with Crippen molar-refractivity contribution in [3.8, 4) is 11.3 Å². The molecule has 1 atom stereocenters. The number of hydrogen-bond acceptors (Lipinski definition) is 5. The Hall–Kier alpha value is -3.54. The van der Waals surface area contributed by atoms with Crippen molar-refractivity contribution in [2.45, 2.75) is 19.7 Å². The predicted octanol–water partition coefficient (Wildman–Crippen LogP) is 4.30. The number of rotatable bonds is 5. The Labute approximate surface area is 191 Å². The molecule has 1 unspecified atom stereocenters. The Morgan fingerprint density at radius 3 is 2.87 bits per heavy atom. The Morgan fingerprint density at radius 2 is 2.10 bits per heavy atom. The fourth-order valence-corrected chi connectivity index (χ4v) is 3.54. The van der Waals surface area contributed by atoms with E-state index in [1.807, 2.05) is 35.9 Å². The minimum Gasteiger partial charge on any atom is -0.356 e. The van der Waals surface area contributed by atoms with Crippen molar-refractivity contribution in [2.75, 3.05) is 17.9 Å². The molecule has 4 aromatic rings. The van der Waals surface area contributed by atoms with E-state index in [-0.39, 0.29) is 23.6 Å². The lowest BCUT2D eigenvalue weighted by Gasteiger charge is -2.17. The number of pyridine rings is 2. The summed E-state index contributed by atoms with van der Waals surface area (Å²) in [5.74, 6) is -3.06. The second kappa shape index (κ2) is 7.95. The highest BCUT2D eigenvalue weighted by atomic mass is 16.1. The number of carbonyl (C=O) groups excluding carboxylic acids is 1. The van der Waals surface area contributed by atoms with Crippen LogP contribution in [-0.2, 0) is 13.5 Å². The molecule has 4 heterocycles. The maximum absolute atomic E-state index is 13.2. The van der Waals surface area contributed by atoms with E-state index >= 15 is 0 Å². The number of nitrogens with zero attached hydrogens (tertiary/aromatic N) is 5. The van der Waals surface area contributed by atoms with Gasteiger partial charge in [0.05, 0.1) is 24.6 Å². The maximum Gasteiger partial charge on any atom is 0.169 e. The second-order valence-electron chi connectivity index (χ2n) is 7.44. The number of imidazole rings is 1. The zero-order chi connectivity index (χ0) is 27.7. The zero-order valence-corrected chi connectivity index (χ0v) is 17.1. The topological polar surface area (TPSA) is 63.9 Å². The summed E-state index contributed by atoms with van der Waals surface area (Å²) in [5.41, 5.74) is 2.58. The summed E-state index contributed by atoms with van der Waals surface area (Å²) in [6.07, 6.45) is 3.50. The van der Waals surface area contributed by atoms with E-state index in [2.05, 4.69) is 15.0 Å². The highest BCUT2D eigenvalue weighted by molar-refractivity contribution is 5.98. The molecule has 1 saturated heterocycles. The summed E-state index contributed by atoms with van der Waals surface area (Å²) >= 11 is 0. The minimum atomic E-state index is -2.90. The monoisotopic (exact) mass is 418 g/mol. The first-order valence-corrected chi connectivity index (χ1v) is 9.83. The average Bonchev–Trinajstić information content (AvgIpc) is 3.31. The van der Waals surface area contributed by atoms with Gasteiger partial charge in [-0.1, -0.05) is 19.1 Å². The van der Waals surface area contributed by atoms with Crippen LogP contribution in [-0.4, -0.2) is 38.3 Å². The number of carbonyl (C=O) groups is 1. The molecule has 156 valence electrons. The third kappa shape index (κ3) is 3.93. The van der Waals surface area contributed by atoms with Gasteiger partial charge in [-0.05, 0) is 41.9 Å². The summed E-state index contributed by atoms with van der Waals surface area (Å²) in [5, 5.41) is 1.80. The van der Waals surface area contributed by atoms with Gasteiger partial charge in [0.25, 0.3) is 0 Å². The van der Waals surface area contributed by atoms with E-state index in [1.54, 1.807) is 18.7 Å².